The molecule has 0 radical (unpaired) electrons. The first-order valence-electron chi connectivity index (χ1n) is 4.48. The summed E-state index contributed by atoms with van der Waals surface area (Å²) in [5, 5.41) is 12.5. The summed E-state index contributed by atoms with van der Waals surface area (Å²) in [7, 11) is 0. The van der Waals surface area contributed by atoms with Crippen molar-refractivity contribution in [3.63, 3.8) is 0 Å². The Balaban J connectivity index is 2.69. The van der Waals surface area contributed by atoms with Gasteiger partial charge in [-0.1, -0.05) is 18.5 Å². The second-order valence-corrected chi connectivity index (χ2v) is 4.30. The quantitative estimate of drug-likeness (QED) is 0.821. The number of halogens is 1. The van der Waals surface area contributed by atoms with Crippen LogP contribution in [0.25, 0.3) is 0 Å². The average molecular weight is 236 g/mol. The fourth-order valence-corrected chi connectivity index (χ4v) is 1.76. The standard InChI is InChI=1S/C8H14ClN3OS/c1-3-8(2,4-5-13)10-7-6(9)11-14-12-7/h13H,3-5H2,1-2H3,(H,10,12). The smallest absolute Gasteiger partial charge is 0.186 e. The van der Waals surface area contributed by atoms with Crippen LogP contribution in [0.1, 0.15) is 26.7 Å². The van der Waals surface area contributed by atoms with E-state index in [1.807, 2.05) is 6.92 Å². The molecule has 2 N–H and O–H groups in total. The van der Waals surface area contributed by atoms with Gasteiger partial charge >= 0.3 is 0 Å². The van der Waals surface area contributed by atoms with Crippen molar-refractivity contribution in [3.8, 4) is 0 Å². The van der Waals surface area contributed by atoms with E-state index in [0.717, 1.165) is 18.1 Å². The number of nitrogens with zero attached hydrogens (tertiary/aromatic N) is 2. The largest absolute Gasteiger partial charge is 0.396 e. The van der Waals surface area contributed by atoms with E-state index >= 15 is 0 Å². The maximum atomic E-state index is 8.92. The molecule has 0 saturated carbocycles. The number of aromatic nitrogens is 2. The highest BCUT2D eigenvalue weighted by molar-refractivity contribution is 6.99. The van der Waals surface area contributed by atoms with Gasteiger partial charge < -0.3 is 10.4 Å². The van der Waals surface area contributed by atoms with Gasteiger partial charge in [-0.05, 0) is 19.8 Å². The molecule has 0 amide bonds. The Bertz CT molecular complexity index is 294. The van der Waals surface area contributed by atoms with Crippen molar-refractivity contribution in [2.45, 2.75) is 32.2 Å². The molecular formula is C8H14ClN3OS. The van der Waals surface area contributed by atoms with Crippen LogP contribution in [0.5, 0.6) is 0 Å². The number of hydrogen-bond donors (Lipinski definition) is 2. The highest BCUT2D eigenvalue weighted by atomic mass is 35.5. The van der Waals surface area contributed by atoms with E-state index in [4.69, 9.17) is 16.7 Å². The van der Waals surface area contributed by atoms with Gasteiger partial charge in [0.25, 0.3) is 0 Å². The van der Waals surface area contributed by atoms with Gasteiger partial charge in [-0.2, -0.15) is 8.75 Å². The normalized spacial score (nSPS) is 15.1. The van der Waals surface area contributed by atoms with Gasteiger partial charge in [-0.25, -0.2) is 0 Å². The maximum Gasteiger partial charge on any atom is 0.186 e. The number of anilines is 1. The summed E-state index contributed by atoms with van der Waals surface area (Å²) in [5.74, 6) is 0.606. The third-order valence-corrected chi connectivity index (χ3v) is 3.20. The minimum Gasteiger partial charge on any atom is -0.396 e. The zero-order valence-corrected chi connectivity index (χ0v) is 9.82. The molecule has 80 valence electrons. The van der Waals surface area contributed by atoms with Gasteiger partial charge in [-0.3, -0.25) is 0 Å². The first kappa shape index (κ1) is 11.7. The number of rotatable bonds is 5. The lowest BCUT2D eigenvalue weighted by molar-refractivity contribution is 0.252. The molecule has 4 nitrogen and oxygen atoms in total. The highest BCUT2D eigenvalue weighted by Crippen LogP contribution is 2.25. The first-order valence-corrected chi connectivity index (χ1v) is 5.59. The van der Waals surface area contributed by atoms with Crippen LogP contribution in [0.4, 0.5) is 5.82 Å². The molecule has 1 rings (SSSR count). The van der Waals surface area contributed by atoms with Crippen LogP contribution in [0.2, 0.25) is 5.15 Å². The van der Waals surface area contributed by atoms with E-state index in [0.29, 0.717) is 17.4 Å². The Morgan fingerprint density at radius 3 is 2.71 bits per heavy atom. The van der Waals surface area contributed by atoms with Crippen molar-refractivity contribution in [2.24, 2.45) is 0 Å². The van der Waals surface area contributed by atoms with Crippen LogP contribution in [-0.4, -0.2) is 26.0 Å². The zero-order chi connectivity index (χ0) is 10.6. The topological polar surface area (TPSA) is 58.0 Å². The molecule has 0 fully saturated rings. The monoisotopic (exact) mass is 235 g/mol. The summed E-state index contributed by atoms with van der Waals surface area (Å²) in [6.07, 6.45) is 1.55. The molecule has 1 heterocycles. The Morgan fingerprint density at radius 1 is 1.57 bits per heavy atom. The lowest BCUT2D eigenvalue weighted by atomic mass is 9.95. The van der Waals surface area contributed by atoms with Crippen LogP contribution in [-0.2, 0) is 0 Å². The van der Waals surface area contributed by atoms with E-state index in [-0.39, 0.29) is 12.1 Å². The van der Waals surface area contributed by atoms with Crippen molar-refractivity contribution < 1.29 is 5.11 Å². The number of hydrogen-bond acceptors (Lipinski definition) is 5. The second kappa shape index (κ2) is 4.91. The SMILES string of the molecule is CCC(C)(CCO)Nc1nsnc1Cl. The molecule has 0 bridgehead atoms. The molecule has 6 heteroatoms. The molecule has 0 aliphatic carbocycles. The van der Waals surface area contributed by atoms with Crippen molar-refractivity contribution >= 4 is 29.1 Å². The lowest BCUT2D eigenvalue weighted by Crippen LogP contribution is -2.35. The van der Waals surface area contributed by atoms with E-state index in [1.165, 1.54) is 0 Å². The zero-order valence-electron chi connectivity index (χ0n) is 8.25. The van der Waals surface area contributed by atoms with E-state index < -0.39 is 0 Å². The third-order valence-electron chi connectivity index (χ3n) is 2.31. The van der Waals surface area contributed by atoms with Crippen molar-refractivity contribution in [3.05, 3.63) is 5.15 Å². The van der Waals surface area contributed by atoms with Crippen molar-refractivity contribution in [1.82, 2.24) is 8.75 Å². The van der Waals surface area contributed by atoms with Crippen LogP contribution in [0, 0.1) is 0 Å². The van der Waals surface area contributed by atoms with E-state index in [2.05, 4.69) is 21.0 Å². The minimum absolute atomic E-state index is 0.145. The average Bonchev–Trinajstić information content (AvgIpc) is 2.52. The Labute approximate surface area is 92.6 Å². The van der Waals surface area contributed by atoms with E-state index in [9.17, 15) is 0 Å². The van der Waals surface area contributed by atoms with Crippen LogP contribution >= 0.6 is 23.3 Å². The Kier molecular flexibility index (Phi) is 4.10. The van der Waals surface area contributed by atoms with Gasteiger partial charge in [-0.15, -0.1) is 0 Å². The fourth-order valence-electron chi connectivity index (χ4n) is 1.11. The molecule has 0 aromatic carbocycles. The number of nitrogens with one attached hydrogen (secondary N) is 1. The summed E-state index contributed by atoms with van der Waals surface area (Å²) in [6, 6.07) is 0. The molecule has 14 heavy (non-hydrogen) atoms. The molecule has 0 spiro atoms. The molecule has 1 unspecified atom stereocenters. The predicted octanol–water partition coefficient (Wildman–Crippen LogP) is 2.15. The molecule has 1 aromatic heterocycles. The molecular weight excluding hydrogens is 222 g/mol. The van der Waals surface area contributed by atoms with Crippen molar-refractivity contribution in [1.29, 1.82) is 0 Å². The predicted molar refractivity (Wildman–Crippen MR) is 58.9 cm³/mol. The Hall–Kier alpha value is -0.390. The highest BCUT2D eigenvalue weighted by Gasteiger charge is 2.23. The molecule has 1 atom stereocenters. The summed E-state index contributed by atoms with van der Waals surface area (Å²) < 4.78 is 7.90. The second-order valence-electron chi connectivity index (χ2n) is 3.42. The summed E-state index contributed by atoms with van der Waals surface area (Å²) in [5.41, 5.74) is -0.172. The van der Waals surface area contributed by atoms with Gasteiger partial charge in [0.15, 0.2) is 11.0 Å². The van der Waals surface area contributed by atoms with Crippen LogP contribution in [0.3, 0.4) is 0 Å². The number of aliphatic hydroxyl groups excluding tert-OH is 1. The minimum atomic E-state index is -0.172. The molecule has 1 aromatic rings. The lowest BCUT2D eigenvalue weighted by Gasteiger charge is -2.28. The molecule has 0 saturated heterocycles. The van der Waals surface area contributed by atoms with Gasteiger partial charge in [0, 0.05) is 12.1 Å². The third kappa shape index (κ3) is 2.80. The van der Waals surface area contributed by atoms with Crippen LogP contribution in [0.15, 0.2) is 0 Å². The van der Waals surface area contributed by atoms with Crippen LogP contribution < -0.4 is 5.32 Å². The molecule has 0 aliphatic heterocycles. The molecule has 0 aliphatic rings. The maximum absolute atomic E-state index is 8.92. The number of aliphatic hydroxyl groups is 1. The Morgan fingerprint density at radius 2 is 2.29 bits per heavy atom. The summed E-state index contributed by atoms with van der Waals surface area (Å²) >= 11 is 6.89. The van der Waals surface area contributed by atoms with E-state index in [1.54, 1.807) is 0 Å². The first-order chi connectivity index (χ1) is 6.61. The van der Waals surface area contributed by atoms with Gasteiger partial charge in [0.2, 0.25) is 0 Å². The summed E-state index contributed by atoms with van der Waals surface area (Å²) in [4.78, 5) is 0. The van der Waals surface area contributed by atoms with Gasteiger partial charge in [0.1, 0.15) is 0 Å². The summed E-state index contributed by atoms with van der Waals surface area (Å²) in [6.45, 7) is 4.22. The van der Waals surface area contributed by atoms with Gasteiger partial charge in [0.05, 0.1) is 11.7 Å². The van der Waals surface area contributed by atoms with Crippen molar-refractivity contribution in [2.75, 3.05) is 11.9 Å². The fraction of sp³-hybridized carbons (Fsp3) is 0.750.